The Morgan fingerprint density at radius 2 is 1.74 bits per heavy atom. The number of halogens is 1. The van der Waals surface area contributed by atoms with E-state index in [0.717, 1.165) is 18.2 Å². The molecule has 3 aromatic carbocycles. The quantitative estimate of drug-likeness (QED) is 0.133. The summed E-state index contributed by atoms with van der Waals surface area (Å²) in [5.74, 6) is 0.244. The van der Waals surface area contributed by atoms with Crippen molar-refractivity contribution in [2.45, 2.75) is 6.92 Å². The summed E-state index contributed by atoms with van der Waals surface area (Å²) in [4.78, 5) is 33.2. The van der Waals surface area contributed by atoms with Crippen molar-refractivity contribution in [3.8, 4) is 23.0 Å². The van der Waals surface area contributed by atoms with Gasteiger partial charge in [-0.1, -0.05) is 24.3 Å². The number of rotatable bonds is 12. The molecule has 0 aliphatic carbocycles. The van der Waals surface area contributed by atoms with Gasteiger partial charge in [0.1, 0.15) is 12.4 Å². The van der Waals surface area contributed by atoms with Gasteiger partial charge in [-0.2, -0.15) is 5.10 Å². The standard InChI is InChI=1S/C25H21ClN4O8/c1-3-11-37-23-9-6-17(13-24(23)36-4-2)25(31)28-27-15-16-5-8-21(19(26)12-16)38-22-10-7-18(29(32)33)14-20(22)30(34)35/h3,5-10,12-15H,1,4,11H2,2H3,(H,28,31)/b27-15+. The molecule has 0 saturated heterocycles. The van der Waals surface area contributed by atoms with E-state index in [1.807, 2.05) is 6.92 Å². The molecule has 3 aromatic rings. The molecule has 12 nitrogen and oxygen atoms in total. The molecule has 13 heteroatoms. The third-order valence-electron chi connectivity index (χ3n) is 4.77. The molecule has 3 rings (SSSR count). The van der Waals surface area contributed by atoms with E-state index in [2.05, 4.69) is 17.1 Å². The fraction of sp³-hybridized carbons (Fsp3) is 0.120. The molecule has 1 N–H and O–H groups in total. The number of ether oxygens (including phenoxy) is 3. The summed E-state index contributed by atoms with van der Waals surface area (Å²) in [5.41, 5.74) is 2.15. The zero-order valence-corrected chi connectivity index (χ0v) is 20.7. The monoisotopic (exact) mass is 540 g/mol. The van der Waals surface area contributed by atoms with Crippen LogP contribution in [0.2, 0.25) is 5.02 Å². The first kappa shape index (κ1) is 27.6. The predicted octanol–water partition coefficient (Wildman–Crippen LogP) is 5.68. The van der Waals surface area contributed by atoms with Crippen LogP contribution in [0.3, 0.4) is 0 Å². The highest BCUT2D eigenvalue weighted by Gasteiger charge is 2.22. The number of benzene rings is 3. The molecule has 0 atom stereocenters. The molecule has 0 spiro atoms. The zero-order valence-electron chi connectivity index (χ0n) is 20.0. The van der Waals surface area contributed by atoms with Gasteiger partial charge in [0, 0.05) is 11.6 Å². The van der Waals surface area contributed by atoms with E-state index in [1.165, 1.54) is 24.4 Å². The van der Waals surface area contributed by atoms with Crippen LogP contribution in [-0.4, -0.2) is 35.2 Å². The molecule has 1 amide bonds. The van der Waals surface area contributed by atoms with Crippen molar-refractivity contribution < 1.29 is 28.9 Å². The third kappa shape index (κ3) is 7.04. The Labute approximate surface area is 221 Å². The zero-order chi connectivity index (χ0) is 27.7. The number of hydrogen-bond donors (Lipinski definition) is 1. The van der Waals surface area contributed by atoms with Gasteiger partial charge in [0.25, 0.3) is 11.6 Å². The Kier molecular flexibility index (Phi) is 9.32. The molecule has 0 heterocycles. The minimum Gasteiger partial charge on any atom is -0.490 e. The maximum absolute atomic E-state index is 12.5. The molecular weight excluding hydrogens is 520 g/mol. The Hall–Kier alpha value is -4.97. The minimum absolute atomic E-state index is 0.0759. The van der Waals surface area contributed by atoms with Crippen LogP contribution in [0.15, 0.2) is 72.4 Å². The highest BCUT2D eigenvalue weighted by atomic mass is 35.5. The number of nitro groups is 2. The molecule has 0 aromatic heterocycles. The predicted molar refractivity (Wildman–Crippen MR) is 140 cm³/mol. The Balaban J connectivity index is 1.70. The second-order valence-electron chi connectivity index (χ2n) is 7.35. The van der Waals surface area contributed by atoms with E-state index < -0.39 is 27.1 Å². The van der Waals surface area contributed by atoms with Gasteiger partial charge in [-0.25, -0.2) is 5.43 Å². The number of amides is 1. The SMILES string of the molecule is C=CCOc1ccc(C(=O)N/N=C/c2ccc(Oc3ccc([N+](=O)[O-])cc3[N+](=O)[O-])c(Cl)c2)cc1OCC. The fourth-order valence-electron chi connectivity index (χ4n) is 3.06. The second-order valence-corrected chi connectivity index (χ2v) is 7.76. The normalized spacial score (nSPS) is 10.6. The maximum Gasteiger partial charge on any atom is 0.318 e. The molecule has 0 aliphatic heterocycles. The molecule has 0 radical (unpaired) electrons. The smallest absolute Gasteiger partial charge is 0.318 e. The molecule has 0 aliphatic rings. The van der Waals surface area contributed by atoms with Gasteiger partial charge in [0.2, 0.25) is 5.75 Å². The van der Waals surface area contributed by atoms with Gasteiger partial charge in [-0.15, -0.1) is 0 Å². The number of non-ortho nitro benzene ring substituents is 1. The van der Waals surface area contributed by atoms with E-state index >= 15 is 0 Å². The number of carbonyl (C=O) groups is 1. The van der Waals surface area contributed by atoms with Crippen molar-refractivity contribution in [2.24, 2.45) is 5.10 Å². The van der Waals surface area contributed by atoms with E-state index in [-0.39, 0.29) is 23.1 Å². The first-order valence-electron chi connectivity index (χ1n) is 11.0. The molecule has 196 valence electrons. The van der Waals surface area contributed by atoms with Gasteiger partial charge >= 0.3 is 5.69 Å². The largest absolute Gasteiger partial charge is 0.490 e. The average molecular weight is 541 g/mol. The molecular formula is C25H21ClN4O8. The van der Waals surface area contributed by atoms with Crippen LogP contribution in [0.25, 0.3) is 0 Å². The topological polar surface area (TPSA) is 155 Å². The summed E-state index contributed by atoms with van der Waals surface area (Å²) in [7, 11) is 0. The second kappa shape index (κ2) is 12.8. The fourth-order valence-corrected chi connectivity index (χ4v) is 3.29. The summed E-state index contributed by atoms with van der Waals surface area (Å²) >= 11 is 6.24. The molecule has 0 unspecified atom stereocenters. The summed E-state index contributed by atoms with van der Waals surface area (Å²) in [6.07, 6.45) is 2.93. The van der Waals surface area contributed by atoms with E-state index in [4.69, 9.17) is 25.8 Å². The van der Waals surface area contributed by atoms with Crippen LogP contribution >= 0.6 is 11.6 Å². The van der Waals surface area contributed by atoms with Crippen molar-refractivity contribution in [3.05, 3.63) is 104 Å². The Morgan fingerprint density at radius 1 is 1.00 bits per heavy atom. The van der Waals surface area contributed by atoms with Crippen molar-refractivity contribution in [3.63, 3.8) is 0 Å². The highest BCUT2D eigenvalue weighted by molar-refractivity contribution is 6.32. The van der Waals surface area contributed by atoms with Gasteiger partial charge in [-0.05, 0) is 55.0 Å². The van der Waals surface area contributed by atoms with Crippen molar-refractivity contribution in [2.75, 3.05) is 13.2 Å². The number of hydrazone groups is 1. The molecule has 0 bridgehead atoms. The highest BCUT2D eigenvalue weighted by Crippen LogP contribution is 2.37. The minimum atomic E-state index is -0.793. The Bertz CT molecular complexity index is 1410. The number of nitro benzene ring substituents is 2. The lowest BCUT2D eigenvalue weighted by Gasteiger charge is -2.12. The van der Waals surface area contributed by atoms with E-state index in [0.29, 0.717) is 29.2 Å². The van der Waals surface area contributed by atoms with Gasteiger partial charge < -0.3 is 14.2 Å². The Morgan fingerprint density at radius 3 is 2.39 bits per heavy atom. The van der Waals surface area contributed by atoms with E-state index in [9.17, 15) is 25.0 Å². The van der Waals surface area contributed by atoms with Crippen LogP contribution < -0.4 is 19.6 Å². The van der Waals surface area contributed by atoms with E-state index in [1.54, 1.807) is 24.3 Å². The lowest BCUT2D eigenvalue weighted by Crippen LogP contribution is -2.17. The van der Waals surface area contributed by atoms with Crippen LogP contribution in [0.5, 0.6) is 23.0 Å². The van der Waals surface area contributed by atoms with Crippen LogP contribution in [0.4, 0.5) is 11.4 Å². The molecule has 0 fully saturated rings. The summed E-state index contributed by atoms with van der Waals surface area (Å²) in [6, 6.07) is 12.2. The third-order valence-corrected chi connectivity index (χ3v) is 5.06. The van der Waals surface area contributed by atoms with Gasteiger partial charge in [0.15, 0.2) is 11.5 Å². The lowest BCUT2D eigenvalue weighted by molar-refractivity contribution is -0.394. The van der Waals surface area contributed by atoms with Gasteiger partial charge in [0.05, 0.1) is 33.8 Å². The first-order valence-corrected chi connectivity index (χ1v) is 11.4. The average Bonchev–Trinajstić information content (AvgIpc) is 2.89. The molecule has 38 heavy (non-hydrogen) atoms. The van der Waals surface area contributed by atoms with Crippen molar-refractivity contribution >= 4 is 35.1 Å². The maximum atomic E-state index is 12.5. The number of nitrogens with one attached hydrogen (secondary N) is 1. The summed E-state index contributed by atoms with van der Waals surface area (Å²) in [5, 5.41) is 26.2. The van der Waals surface area contributed by atoms with Crippen LogP contribution in [-0.2, 0) is 0 Å². The summed E-state index contributed by atoms with van der Waals surface area (Å²) in [6.45, 7) is 6.07. The van der Waals surface area contributed by atoms with Crippen molar-refractivity contribution in [1.29, 1.82) is 0 Å². The van der Waals surface area contributed by atoms with Crippen LogP contribution in [0, 0.1) is 20.2 Å². The van der Waals surface area contributed by atoms with Crippen LogP contribution in [0.1, 0.15) is 22.8 Å². The van der Waals surface area contributed by atoms with Gasteiger partial charge in [-0.3, -0.25) is 25.0 Å². The molecule has 0 saturated carbocycles. The lowest BCUT2D eigenvalue weighted by atomic mass is 10.2. The first-order chi connectivity index (χ1) is 18.2. The van der Waals surface area contributed by atoms with Crippen molar-refractivity contribution in [1.82, 2.24) is 5.43 Å². The number of nitrogens with zero attached hydrogens (tertiary/aromatic N) is 3. The number of hydrogen-bond acceptors (Lipinski definition) is 9. The summed E-state index contributed by atoms with van der Waals surface area (Å²) < 4.78 is 16.6. The number of carbonyl (C=O) groups excluding carboxylic acids is 1.